The molecule has 0 aliphatic carbocycles. The molecule has 116 valence electrons. The van der Waals surface area contributed by atoms with Crippen molar-refractivity contribution in [3.8, 4) is 5.69 Å². The van der Waals surface area contributed by atoms with Crippen LogP contribution in [0.1, 0.15) is 0 Å². The number of hydrogen-bond donors (Lipinski definition) is 2. The van der Waals surface area contributed by atoms with Gasteiger partial charge in [-0.2, -0.15) is 0 Å². The first-order valence-electron chi connectivity index (χ1n) is 7.13. The van der Waals surface area contributed by atoms with E-state index in [0.717, 1.165) is 27.1 Å². The summed E-state index contributed by atoms with van der Waals surface area (Å²) in [5, 5.41) is 4.18. The van der Waals surface area contributed by atoms with Gasteiger partial charge in [0, 0.05) is 17.3 Å². The topological polar surface area (TPSA) is 107 Å². The Morgan fingerprint density at radius 2 is 1.96 bits per heavy atom. The second kappa shape index (κ2) is 4.90. The number of nitrogens with two attached hydrogens (primary N) is 1. The lowest BCUT2D eigenvalue weighted by molar-refractivity contribution is 1.03. The summed E-state index contributed by atoms with van der Waals surface area (Å²) in [6.07, 6.45) is 6.49. The van der Waals surface area contributed by atoms with Crippen molar-refractivity contribution in [2.45, 2.75) is 9.92 Å². The van der Waals surface area contributed by atoms with E-state index in [4.69, 9.17) is 5.73 Å². The molecule has 9 heteroatoms. The molecule has 4 heterocycles. The lowest BCUT2D eigenvalue weighted by atomic mass is 10.2. The van der Waals surface area contributed by atoms with Crippen molar-refractivity contribution in [2.24, 2.45) is 0 Å². The molecule has 3 N–H and O–H groups in total. The van der Waals surface area contributed by atoms with Gasteiger partial charge in [-0.3, -0.25) is 4.57 Å². The maximum absolute atomic E-state index is 5.85. The second-order valence-corrected chi connectivity index (χ2v) is 6.19. The minimum atomic E-state index is 0.370. The molecule has 1 aliphatic rings. The van der Waals surface area contributed by atoms with Gasteiger partial charge in [0.15, 0.2) is 22.8 Å². The first kappa shape index (κ1) is 13.3. The largest absolute Gasteiger partial charge is 0.382 e. The summed E-state index contributed by atoms with van der Waals surface area (Å²) in [5.74, 6) is 1.13. The van der Waals surface area contributed by atoms with E-state index in [-0.39, 0.29) is 0 Å². The smallest absolute Gasteiger partial charge is 0.170 e. The van der Waals surface area contributed by atoms with Gasteiger partial charge in [0.2, 0.25) is 0 Å². The number of hydrogen-bond acceptors (Lipinski definition) is 8. The molecular formula is C15H10N8S. The van der Waals surface area contributed by atoms with Gasteiger partial charge in [0.1, 0.15) is 17.7 Å². The lowest BCUT2D eigenvalue weighted by Gasteiger charge is -2.19. The summed E-state index contributed by atoms with van der Waals surface area (Å²) < 4.78 is 1.88. The highest BCUT2D eigenvalue weighted by molar-refractivity contribution is 7.99. The molecule has 3 aromatic heterocycles. The first-order valence-corrected chi connectivity index (χ1v) is 7.95. The minimum absolute atomic E-state index is 0.370. The van der Waals surface area contributed by atoms with Gasteiger partial charge in [-0.1, -0.05) is 11.8 Å². The first-order chi connectivity index (χ1) is 11.8. The van der Waals surface area contributed by atoms with Crippen LogP contribution in [0, 0.1) is 0 Å². The third kappa shape index (κ3) is 1.91. The predicted molar refractivity (Wildman–Crippen MR) is 90.5 cm³/mol. The number of benzene rings is 1. The highest BCUT2D eigenvalue weighted by atomic mass is 32.2. The molecule has 8 nitrogen and oxygen atoms in total. The monoisotopic (exact) mass is 334 g/mol. The number of anilines is 3. The van der Waals surface area contributed by atoms with Gasteiger partial charge in [-0.15, -0.1) is 0 Å². The van der Waals surface area contributed by atoms with E-state index < -0.39 is 0 Å². The summed E-state index contributed by atoms with van der Waals surface area (Å²) in [6, 6.07) is 6.07. The maximum atomic E-state index is 5.85. The van der Waals surface area contributed by atoms with Crippen molar-refractivity contribution >= 4 is 40.2 Å². The van der Waals surface area contributed by atoms with Crippen molar-refractivity contribution in [1.29, 1.82) is 0 Å². The molecule has 0 saturated heterocycles. The van der Waals surface area contributed by atoms with Crippen LogP contribution in [-0.2, 0) is 0 Å². The zero-order chi connectivity index (χ0) is 16.1. The van der Waals surface area contributed by atoms with Crippen LogP contribution in [0.25, 0.3) is 16.9 Å². The van der Waals surface area contributed by atoms with Gasteiger partial charge >= 0.3 is 0 Å². The number of imidazole rings is 1. The van der Waals surface area contributed by atoms with Gasteiger partial charge in [-0.25, -0.2) is 24.9 Å². The molecule has 0 bridgehead atoms. The van der Waals surface area contributed by atoms with E-state index in [2.05, 4.69) is 30.2 Å². The third-order valence-corrected chi connectivity index (χ3v) is 4.80. The van der Waals surface area contributed by atoms with E-state index in [1.165, 1.54) is 6.33 Å². The molecule has 0 saturated carbocycles. The van der Waals surface area contributed by atoms with Gasteiger partial charge < -0.3 is 11.1 Å². The molecule has 1 aromatic carbocycles. The fourth-order valence-electron chi connectivity index (χ4n) is 2.61. The molecule has 0 fully saturated rings. The molecule has 1 aliphatic heterocycles. The molecule has 4 aromatic rings. The lowest BCUT2D eigenvalue weighted by Crippen LogP contribution is -2.04. The van der Waals surface area contributed by atoms with E-state index in [9.17, 15) is 0 Å². The van der Waals surface area contributed by atoms with Crippen molar-refractivity contribution in [1.82, 2.24) is 29.5 Å². The number of rotatable bonds is 1. The van der Waals surface area contributed by atoms with E-state index in [1.807, 2.05) is 22.8 Å². The van der Waals surface area contributed by atoms with Crippen molar-refractivity contribution < 1.29 is 0 Å². The zero-order valence-corrected chi connectivity index (χ0v) is 13.0. The zero-order valence-electron chi connectivity index (χ0n) is 12.2. The Balaban J connectivity index is 1.63. The normalized spacial score (nSPS) is 12.5. The van der Waals surface area contributed by atoms with Crippen LogP contribution < -0.4 is 11.1 Å². The Kier molecular flexibility index (Phi) is 2.71. The Morgan fingerprint density at radius 3 is 2.92 bits per heavy atom. The number of nitrogen functional groups attached to an aromatic ring is 1. The fraction of sp³-hybridized carbons (Fsp3) is 0. The Labute approximate surface area is 140 Å². The molecule has 0 amide bonds. The molecule has 0 unspecified atom stereocenters. The second-order valence-electron chi connectivity index (χ2n) is 5.16. The van der Waals surface area contributed by atoms with Crippen LogP contribution in [0.4, 0.5) is 17.3 Å². The van der Waals surface area contributed by atoms with Crippen molar-refractivity contribution in [2.75, 3.05) is 11.1 Å². The average Bonchev–Trinajstić information content (AvgIpc) is 3.05. The van der Waals surface area contributed by atoms with Crippen LogP contribution in [0.5, 0.6) is 0 Å². The summed E-state index contributed by atoms with van der Waals surface area (Å²) in [7, 11) is 0. The quantitative estimate of drug-likeness (QED) is 0.481. The van der Waals surface area contributed by atoms with Crippen LogP contribution in [0.3, 0.4) is 0 Å². The minimum Gasteiger partial charge on any atom is -0.382 e. The molecule has 5 rings (SSSR count). The van der Waals surface area contributed by atoms with Crippen molar-refractivity contribution in [3.63, 3.8) is 0 Å². The van der Waals surface area contributed by atoms with Crippen LogP contribution >= 0.6 is 11.8 Å². The molecule has 24 heavy (non-hydrogen) atoms. The van der Waals surface area contributed by atoms with Crippen molar-refractivity contribution in [3.05, 3.63) is 43.2 Å². The van der Waals surface area contributed by atoms with Gasteiger partial charge in [0.05, 0.1) is 11.4 Å². The summed E-state index contributed by atoms with van der Waals surface area (Å²) in [5.41, 5.74) is 9.01. The Hall–Kier alpha value is -3.20. The van der Waals surface area contributed by atoms with Crippen LogP contribution in [0.15, 0.2) is 53.2 Å². The third-order valence-electron chi connectivity index (χ3n) is 3.73. The van der Waals surface area contributed by atoms with E-state index in [1.54, 1.807) is 30.5 Å². The van der Waals surface area contributed by atoms with E-state index in [0.29, 0.717) is 17.0 Å². The molecular weight excluding hydrogens is 324 g/mol. The summed E-state index contributed by atoms with van der Waals surface area (Å²) in [6.45, 7) is 0. The Morgan fingerprint density at radius 1 is 1.04 bits per heavy atom. The number of fused-ring (bicyclic) bond motifs is 3. The highest BCUT2D eigenvalue weighted by Gasteiger charge is 2.18. The number of nitrogens with one attached hydrogen (secondary N) is 1. The van der Waals surface area contributed by atoms with Crippen LogP contribution in [0.2, 0.25) is 0 Å². The Bertz CT molecular complexity index is 1090. The summed E-state index contributed by atoms with van der Waals surface area (Å²) >= 11 is 1.59. The summed E-state index contributed by atoms with van der Waals surface area (Å²) in [4.78, 5) is 22.3. The average molecular weight is 334 g/mol. The molecule has 0 atom stereocenters. The number of aromatic nitrogens is 6. The van der Waals surface area contributed by atoms with E-state index >= 15 is 0 Å². The SMILES string of the molecule is Nc1ncnc2c1ncn2-c1ccc2c(c1)Nc1nccnc1S2. The van der Waals surface area contributed by atoms with Gasteiger partial charge in [-0.05, 0) is 18.2 Å². The van der Waals surface area contributed by atoms with Crippen LogP contribution in [-0.4, -0.2) is 29.5 Å². The standard InChI is InChI=1S/C15H10N8S/c16-12-11-14(20-6-19-12)23(7-21-11)8-1-2-10-9(5-8)22-13-15(24-10)18-4-3-17-13/h1-7H,(H,17,22)(H2,16,19,20). The molecule has 0 spiro atoms. The molecule has 0 radical (unpaired) electrons. The maximum Gasteiger partial charge on any atom is 0.170 e. The predicted octanol–water partition coefficient (Wildman–Crippen LogP) is 2.40. The number of nitrogens with zero attached hydrogens (tertiary/aromatic N) is 6. The fourth-order valence-corrected chi connectivity index (χ4v) is 3.49. The highest BCUT2D eigenvalue weighted by Crippen LogP contribution is 2.42. The van der Waals surface area contributed by atoms with Gasteiger partial charge in [0.25, 0.3) is 0 Å².